The van der Waals surface area contributed by atoms with E-state index >= 15 is 0 Å². The highest BCUT2D eigenvalue weighted by molar-refractivity contribution is 6.32. The first-order valence-electron chi connectivity index (χ1n) is 10.0. The van der Waals surface area contributed by atoms with Gasteiger partial charge in [-0.15, -0.1) is 0 Å². The standard InChI is InChI=1S/C24H16Cl4N4/c25-17-11-15(29-23(27)31-17)21-19(13-7-3-1-4-8-13)20(14-9-5-2-6-10-14)22(21)16-12-18(26)32-24(28)30-16/h1-12,19-22H/t19-,20-,21-,22+/m1/s1. The van der Waals surface area contributed by atoms with Gasteiger partial charge in [0.2, 0.25) is 10.6 Å². The van der Waals surface area contributed by atoms with Gasteiger partial charge in [0.05, 0.1) is 11.4 Å². The third kappa shape index (κ3) is 4.08. The highest BCUT2D eigenvalue weighted by Crippen LogP contribution is 2.66. The molecule has 1 saturated carbocycles. The van der Waals surface area contributed by atoms with Crippen molar-refractivity contribution >= 4 is 46.4 Å². The average molecular weight is 502 g/mol. The summed E-state index contributed by atoms with van der Waals surface area (Å²) in [4.78, 5) is 17.1. The maximum atomic E-state index is 6.26. The third-order valence-corrected chi connectivity index (χ3v) is 6.70. The second-order valence-electron chi connectivity index (χ2n) is 7.69. The van der Waals surface area contributed by atoms with E-state index in [0.717, 1.165) is 11.4 Å². The molecule has 4 aromatic rings. The Morgan fingerprint density at radius 1 is 0.469 bits per heavy atom. The molecule has 2 aromatic heterocycles. The molecule has 0 spiro atoms. The van der Waals surface area contributed by atoms with Crippen LogP contribution in [0.15, 0.2) is 72.8 Å². The lowest BCUT2D eigenvalue weighted by Crippen LogP contribution is -2.41. The van der Waals surface area contributed by atoms with Crippen LogP contribution in [0.4, 0.5) is 0 Å². The number of halogens is 4. The molecule has 1 aliphatic rings. The van der Waals surface area contributed by atoms with Gasteiger partial charge >= 0.3 is 0 Å². The van der Waals surface area contributed by atoms with E-state index in [4.69, 9.17) is 46.4 Å². The molecule has 1 fully saturated rings. The van der Waals surface area contributed by atoms with Crippen LogP contribution in [-0.4, -0.2) is 19.9 Å². The van der Waals surface area contributed by atoms with E-state index in [9.17, 15) is 0 Å². The number of rotatable bonds is 4. The molecule has 1 aliphatic carbocycles. The summed E-state index contributed by atoms with van der Waals surface area (Å²) in [6.07, 6.45) is 0. The first-order valence-corrected chi connectivity index (χ1v) is 11.5. The van der Waals surface area contributed by atoms with E-state index in [-0.39, 0.29) is 34.2 Å². The molecule has 5 rings (SSSR count). The van der Waals surface area contributed by atoms with Gasteiger partial charge in [0, 0.05) is 23.7 Å². The molecule has 160 valence electrons. The van der Waals surface area contributed by atoms with Crippen molar-refractivity contribution < 1.29 is 0 Å². The first kappa shape index (κ1) is 21.6. The molecule has 0 saturated heterocycles. The predicted molar refractivity (Wildman–Crippen MR) is 128 cm³/mol. The number of aromatic nitrogens is 4. The van der Waals surface area contributed by atoms with Gasteiger partial charge in [0.1, 0.15) is 10.3 Å². The van der Waals surface area contributed by atoms with Crippen LogP contribution in [0.5, 0.6) is 0 Å². The molecular formula is C24H16Cl4N4. The second kappa shape index (κ2) is 8.95. The van der Waals surface area contributed by atoms with Crippen LogP contribution >= 0.6 is 46.4 Å². The van der Waals surface area contributed by atoms with Gasteiger partial charge in [-0.1, -0.05) is 83.9 Å². The molecule has 8 heteroatoms. The van der Waals surface area contributed by atoms with Crippen molar-refractivity contribution in [3.63, 3.8) is 0 Å². The highest BCUT2D eigenvalue weighted by Gasteiger charge is 2.54. The molecule has 0 unspecified atom stereocenters. The van der Waals surface area contributed by atoms with Crippen molar-refractivity contribution in [1.82, 2.24) is 19.9 Å². The Morgan fingerprint density at radius 3 is 1.19 bits per heavy atom. The Kier molecular flexibility index (Phi) is 6.04. The summed E-state index contributed by atoms with van der Waals surface area (Å²) >= 11 is 24.9. The predicted octanol–water partition coefficient (Wildman–Crippen LogP) is 7.33. The minimum absolute atomic E-state index is 0.0670. The van der Waals surface area contributed by atoms with Crippen LogP contribution in [-0.2, 0) is 0 Å². The van der Waals surface area contributed by atoms with E-state index in [1.54, 1.807) is 12.1 Å². The summed E-state index contributed by atoms with van der Waals surface area (Å²) in [6.45, 7) is 0. The van der Waals surface area contributed by atoms with Crippen LogP contribution < -0.4 is 0 Å². The van der Waals surface area contributed by atoms with Crippen LogP contribution in [0, 0.1) is 0 Å². The van der Waals surface area contributed by atoms with Crippen LogP contribution in [0.1, 0.15) is 46.2 Å². The third-order valence-electron chi connectivity index (χ3n) is 5.97. The van der Waals surface area contributed by atoms with Crippen LogP contribution in [0.2, 0.25) is 20.9 Å². The van der Waals surface area contributed by atoms with E-state index < -0.39 is 0 Å². The molecule has 32 heavy (non-hydrogen) atoms. The molecule has 0 bridgehead atoms. The van der Waals surface area contributed by atoms with Crippen molar-refractivity contribution in [2.45, 2.75) is 23.7 Å². The van der Waals surface area contributed by atoms with Gasteiger partial charge in [-0.2, -0.15) is 0 Å². The minimum atomic E-state index is -0.0670. The van der Waals surface area contributed by atoms with Crippen molar-refractivity contribution in [2.24, 2.45) is 0 Å². The molecule has 4 nitrogen and oxygen atoms in total. The molecule has 0 amide bonds. The molecule has 0 aliphatic heterocycles. The SMILES string of the molecule is Clc1cc([C@@H]2[C@H](c3ccccc3)[C@@H](c3ccccc3)[C@@H]2c2cc(Cl)nc(Cl)n2)nc(Cl)n1. The average Bonchev–Trinajstić information content (AvgIpc) is 2.73. The maximum absolute atomic E-state index is 6.26. The Bertz CT molecular complexity index is 1110. The number of hydrogen-bond donors (Lipinski definition) is 0. The quantitative estimate of drug-likeness (QED) is 0.217. The van der Waals surface area contributed by atoms with Crippen LogP contribution in [0.3, 0.4) is 0 Å². The molecule has 2 heterocycles. The van der Waals surface area contributed by atoms with Crippen molar-refractivity contribution in [3.05, 3.63) is 116 Å². The number of benzene rings is 2. The largest absolute Gasteiger partial charge is 0.224 e. The molecule has 2 aromatic carbocycles. The topological polar surface area (TPSA) is 51.6 Å². The molecular weight excluding hydrogens is 486 g/mol. The van der Waals surface area contributed by atoms with Crippen LogP contribution in [0.25, 0.3) is 0 Å². The van der Waals surface area contributed by atoms with E-state index in [1.165, 1.54) is 11.1 Å². The van der Waals surface area contributed by atoms with Gasteiger partial charge in [0.25, 0.3) is 0 Å². The minimum Gasteiger partial charge on any atom is -0.223 e. The number of hydrogen-bond acceptors (Lipinski definition) is 4. The summed E-state index contributed by atoms with van der Waals surface area (Å²) in [5.41, 5.74) is 3.90. The summed E-state index contributed by atoms with van der Waals surface area (Å²) in [6, 6.07) is 24.3. The van der Waals surface area contributed by atoms with E-state index in [0.29, 0.717) is 10.3 Å². The first-order chi connectivity index (χ1) is 15.5. The van der Waals surface area contributed by atoms with E-state index in [1.807, 2.05) is 36.4 Å². The van der Waals surface area contributed by atoms with Gasteiger partial charge < -0.3 is 0 Å². The fraction of sp³-hybridized carbons (Fsp3) is 0.167. The van der Waals surface area contributed by atoms with Gasteiger partial charge in [0.15, 0.2) is 0 Å². The zero-order chi connectivity index (χ0) is 22.2. The smallest absolute Gasteiger partial charge is 0.223 e. The molecule has 0 N–H and O–H groups in total. The summed E-state index contributed by atoms with van der Waals surface area (Å²) < 4.78 is 0. The Balaban J connectivity index is 1.72. The highest BCUT2D eigenvalue weighted by atomic mass is 35.5. The van der Waals surface area contributed by atoms with Gasteiger partial charge in [-0.25, -0.2) is 19.9 Å². The fourth-order valence-corrected chi connectivity index (χ4v) is 5.67. The van der Waals surface area contributed by atoms with E-state index in [2.05, 4.69) is 44.2 Å². The Labute approximate surface area is 205 Å². The fourth-order valence-electron chi connectivity index (χ4n) is 4.82. The summed E-state index contributed by atoms with van der Waals surface area (Å²) in [7, 11) is 0. The summed E-state index contributed by atoms with van der Waals surface area (Å²) in [5.74, 6) is 0.0848. The Hall–Kier alpha value is -2.24. The van der Waals surface area contributed by atoms with Gasteiger partial charge in [-0.05, 0) is 46.5 Å². The lowest BCUT2D eigenvalue weighted by molar-refractivity contribution is 0.220. The lowest BCUT2D eigenvalue weighted by Gasteiger charge is -2.52. The van der Waals surface area contributed by atoms with Crippen molar-refractivity contribution in [3.8, 4) is 0 Å². The van der Waals surface area contributed by atoms with Crippen molar-refractivity contribution in [2.75, 3.05) is 0 Å². The monoisotopic (exact) mass is 500 g/mol. The second-order valence-corrected chi connectivity index (χ2v) is 9.14. The Morgan fingerprint density at radius 2 is 0.844 bits per heavy atom. The zero-order valence-corrected chi connectivity index (χ0v) is 19.6. The normalized spacial score (nSPS) is 22.4. The lowest BCUT2D eigenvalue weighted by atomic mass is 9.50. The summed E-state index contributed by atoms with van der Waals surface area (Å²) in [5, 5.41) is 0.819. The molecule has 0 radical (unpaired) electrons. The van der Waals surface area contributed by atoms with Crippen molar-refractivity contribution in [1.29, 1.82) is 0 Å². The maximum Gasteiger partial charge on any atom is 0.224 e. The molecule has 4 atom stereocenters. The number of nitrogens with zero attached hydrogens (tertiary/aromatic N) is 4. The zero-order valence-electron chi connectivity index (χ0n) is 16.5. The van der Waals surface area contributed by atoms with Gasteiger partial charge in [-0.3, -0.25) is 0 Å².